The molecule has 1 fully saturated rings. The third kappa shape index (κ3) is 4.90. The number of benzene rings is 2. The zero-order chi connectivity index (χ0) is 22.9. The molecule has 0 unspecified atom stereocenters. The van der Waals surface area contributed by atoms with Gasteiger partial charge in [-0.2, -0.15) is 4.72 Å². The average molecular weight is 472 g/mol. The van der Waals surface area contributed by atoms with Crippen molar-refractivity contribution in [3.63, 3.8) is 0 Å². The molecule has 1 aliphatic rings. The van der Waals surface area contributed by atoms with E-state index in [4.69, 9.17) is 0 Å². The molecule has 1 aliphatic carbocycles. The van der Waals surface area contributed by atoms with Crippen LogP contribution in [0.4, 0.5) is 0 Å². The number of carboxylic acids is 1. The number of hydrogen-bond donors (Lipinski definition) is 2. The van der Waals surface area contributed by atoms with Crippen molar-refractivity contribution in [3.05, 3.63) is 48.0 Å². The predicted octanol–water partition coefficient (Wildman–Crippen LogP) is 6.04. The number of nitrogens with one attached hydrogen (secondary N) is 1. The largest absolute Gasteiger partial charge is 0.480 e. The minimum atomic E-state index is -3.94. The smallest absolute Gasteiger partial charge is 0.322 e. The van der Waals surface area contributed by atoms with Gasteiger partial charge in [0.05, 0.1) is 4.90 Å². The topological polar surface area (TPSA) is 83.5 Å². The first-order valence-corrected chi connectivity index (χ1v) is 13.4. The Morgan fingerprint density at radius 1 is 1.06 bits per heavy atom. The zero-order valence-corrected chi connectivity index (χ0v) is 20.0. The summed E-state index contributed by atoms with van der Waals surface area (Å²) in [6.45, 7) is 3.35. The molecule has 1 aromatic heterocycles. The summed E-state index contributed by atoms with van der Waals surface area (Å²) in [5.41, 5.74) is 1.15. The fraction of sp³-hybridized carbons (Fsp3) is 0.400. The minimum Gasteiger partial charge on any atom is -0.480 e. The number of thiophene rings is 1. The van der Waals surface area contributed by atoms with Gasteiger partial charge in [0.2, 0.25) is 10.0 Å². The number of allylic oxidation sites excluding steroid dienone is 1. The van der Waals surface area contributed by atoms with Gasteiger partial charge in [-0.15, -0.1) is 11.3 Å². The van der Waals surface area contributed by atoms with Crippen LogP contribution < -0.4 is 4.72 Å². The lowest BCUT2D eigenvalue weighted by molar-refractivity contribution is -0.140. The molecule has 0 amide bonds. The molecule has 1 atom stereocenters. The van der Waals surface area contributed by atoms with Crippen LogP contribution in [-0.2, 0) is 14.8 Å². The summed E-state index contributed by atoms with van der Waals surface area (Å²) < 4.78 is 29.9. The van der Waals surface area contributed by atoms with Crippen LogP contribution >= 0.6 is 11.3 Å². The second-order valence-electron chi connectivity index (χ2n) is 8.95. The number of hydrogen-bond acceptors (Lipinski definition) is 4. The molecule has 2 aromatic carbocycles. The van der Waals surface area contributed by atoms with Gasteiger partial charge in [0.15, 0.2) is 0 Å². The highest BCUT2D eigenvalue weighted by molar-refractivity contribution is 7.89. The van der Waals surface area contributed by atoms with Crippen molar-refractivity contribution >= 4 is 53.6 Å². The molecule has 0 bridgehead atoms. The summed E-state index contributed by atoms with van der Waals surface area (Å²) in [6.07, 6.45) is 11.1. The summed E-state index contributed by atoms with van der Waals surface area (Å²) in [4.78, 5) is 11.5. The molecule has 1 heterocycles. The number of sulfonamides is 1. The van der Waals surface area contributed by atoms with E-state index in [-0.39, 0.29) is 10.8 Å². The summed E-state index contributed by atoms with van der Waals surface area (Å²) in [5, 5.41) is 11.5. The van der Waals surface area contributed by atoms with E-state index in [1.165, 1.54) is 32.1 Å². The minimum absolute atomic E-state index is 0.0841. The lowest BCUT2D eigenvalue weighted by Crippen LogP contribution is -2.44. The van der Waals surface area contributed by atoms with E-state index in [0.717, 1.165) is 25.7 Å². The third-order valence-electron chi connectivity index (χ3n) is 6.20. The zero-order valence-electron chi connectivity index (χ0n) is 18.4. The van der Waals surface area contributed by atoms with Crippen molar-refractivity contribution < 1.29 is 18.3 Å². The summed E-state index contributed by atoms with van der Waals surface area (Å²) >= 11 is 1.55. The van der Waals surface area contributed by atoms with Crippen LogP contribution in [0.2, 0.25) is 0 Å². The Morgan fingerprint density at radius 2 is 1.81 bits per heavy atom. The Morgan fingerprint density at radius 3 is 2.50 bits per heavy atom. The van der Waals surface area contributed by atoms with Crippen LogP contribution in [0.3, 0.4) is 0 Å². The van der Waals surface area contributed by atoms with E-state index in [1.807, 2.05) is 6.07 Å². The molecule has 0 aliphatic heterocycles. The van der Waals surface area contributed by atoms with Crippen LogP contribution in [0.1, 0.15) is 51.5 Å². The molecule has 170 valence electrons. The Balaban J connectivity index is 1.64. The monoisotopic (exact) mass is 471 g/mol. The van der Waals surface area contributed by atoms with Crippen molar-refractivity contribution in [3.8, 4) is 0 Å². The van der Waals surface area contributed by atoms with Gasteiger partial charge in [-0.1, -0.05) is 57.4 Å². The Labute approximate surface area is 193 Å². The van der Waals surface area contributed by atoms with E-state index in [9.17, 15) is 18.3 Å². The summed E-state index contributed by atoms with van der Waals surface area (Å²) in [5.74, 6) is -0.879. The molecule has 0 spiro atoms. The Bertz CT molecular complexity index is 1270. The molecule has 2 N–H and O–H groups in total. The second kappa shape index (κ2) is 9.33. The highest BCUT2D eigenvalue weighted by atomic mass is 32.2. The normalized spacial score (nSPS) is 17.0. The van der Waals surface area contributed by atoms with Crippen LogP contribution in [0.25, 0.3) is 26.2 Å². The van der Waals surface area contributed by atoms with Crippen LogP contribution in [-0.4, -0.2) is 25.5 Å². The highest BCUT2D eigenvalue weighted by Crippen LogP contribution is 2.36. The number of carbonyl (C=O) groups is 1. The first-order chi connectivity index (χ1) is 15.2. The molecule has 1 saturated carbocycles. The van der Waals surface area contributed by atoms with E-state index < -0.39 is 22.0 Å². The molecule has 5 nitrogen and oxygen atoms in total. The van der Waals surface area contributed by atoms with Gasteiger partial charge in [0, 0.05) is 20.2 Å². The maximum atomic E-state index is 12.8. The van der Waals surface area contributed by atoms with Crippen LogP contribution in [0.5, 0.6) is 0 Å². The van der Waals surface area contributed by atoms with E-state index in [0.29, 0.717) is 5.92 Å². The van der Waals surface area contributed by atoms with Gasteiger partial charge in [-0.3, -0.25) is 4.79 Å². The SMILES string of the molecule is CC(C)[C@H](NS(=O)(=O)c1ccc2c(c1)sc1ccc(C=CC3CCCCC3)cc12)C(=O)O. The van der Waals surface area contributed by atoms with Gasteiger partial charge < -0.3 is 5.11 Å². The lowest BCUT2D eigenvalue weighted by atomic mass is 9.89. The van der Waals surface area contributed by atoms with E-state index in [1.54, 1.807) is 37.3 Å². The lowest BCUT2D eigenvalue weighted by Gasteiger charge is -2.18. The fourth-order valence-electron chi connectivity index (χ4n) is 4.33. The maximum absolute atomic E-state index is 12.8. The van der Waals surface area contributed by atoms with Crippen molar-refractivity contribution in [2.75, 3.05) is 0 Å². The molecular weight excluding hydrogens is 442 g/mol. The van der Waals surface area contributed by atoms with E-state index in [2.05, 4.69) is 35.1 Å². The first-order valence-electron chi connectivity index (χ1n) is 11.1. The van der Waals surface area contributed by atoms with Crippen molar-refractivity contribution in [1.29, 1.82) is 0 Å². The van der Waals surface area contributed by atoms with Crippen LogP contribution in [0, 0.1) is 11.8 Å². The molecular formula is C25H29NO4S2. The number of rotatable bonds is 7. The summed E-state index contributed by atoms with van der Waals surface area (Å²) in [6, 6.07) is 10.2. The number of carboxylic acid groups (broad SMARTS) is 1. The summed E-state index contributed by atoms with van der Waals surface area (Å²) in [7, 11) is -3.94. The molecule has 4 rings (SSSR count). The third-order valence-corrected chi connectivity index (χ3v) is 8.77. The average Bonchev–Trinajstić information content (AvgIpc) is 3.13. The molecule has 32 heavy (non-hydrogen) atoms. The van der Waals surface area contributed by atoms with Gasteiger partial charge in [0.25, 0.3) is 0 Å². The predicted molar refractivity (Wildman–Crippen MR) is 132 cm³/mol. The molecule has 3 aromatic rings. The van der Waals surface area contributed by atoms with Gasteiger partial charge >= 0.3 is 5.97 Å². The Kier molecular flexibility index (Phi) is 6.70. The van der Waals surface area contributed by atoms with Crippen molar-refractivity contribution in [1.82, 2.24) is 4.72 Å². The molecule has 7 heteroatoms. The van der Waals surface area contributed by atoms with Gasteiger partial charge in [0.1, 0.15) is 6.04 Å². The second-order valence-corrected chi connectivity index (χ2v) is 11.8. The van der Waals surface area contributed by atoms with E-state index >= 15 is 0 Å². The maximum Gasteiger partial charge on any atom is 0.322 e. The fourth-order valence-corrected chi connectivity index (χ4v) is 6.89. The standard InChI is InChI=1S/C25H29NO4S2/c1-16(2)24(25(27)28)26-32(29,30)19-11-12-20-21-14-18(9-8-17-6-4-3-5-7-17)10-13-22(21)31-23(20)15-19/h8-17,24,26H,3-7H2,1-2H3,(H,27,28)/t24-/m0/s1. The molecule has 0 radical (unpaired) electrons. The number of fused-ring (bicyclic) bond motifs is 3. The van der Waals surface area contributed by atoms with Crippen molar-refractivity contribution in [2.24, 2.45) is 11.8 Å². The van der Waals surface area contributed by atoms with Crippen LogP contribution in [0.15, 0.2) is 47.4 Å². The van der Waals surface area contributed by atoms with Gasteiger partial charge in [-0.25, -0.2) is 8.42 Å². The highest BCUT2D eigenvalue weighted by Gasteiger charge is 2.28. The Hall–Kier alpha value is -2.22. The first kappa shape index (κ1) is 23.0. The molecule has 0 saturated heterocycles. The number of aliphatic carboxylic acids is 1. The quantitative estimate of drug-likeness (QED) is 0.440. The van der Waals surface area contributed by atoms with Gasteiger partial charge in [-0.05, 0) is 54.5 Å². The van der Waals surface area contributed by atoms with Crippen molar-refractivity contribution in [2.45, 2.75) is 56.9 Å².